The van der Waals surface area contributed by atoms with Crippen molar-refractivity contribution in [2.24, 2.45) is 0 Å². The highest BCUT2D eigenvalue weighted by atomic mass is 35.5. The van der Waals surface area contributed by atoms with Gasteiger partial charge in [-0.25, -0.2) is 4.39 Å². The number of rotatable bonds is 4. The number of imide groups is 1. The Morgan fingerprint density at radius 2 is 1.84 bits per heavy atom. The highest BCUT2D eigenvalue weighted by molar-refractivity contribution is 6.42. The Balaban J connectivity index is 1.64. The van der Waals surface area contributed by atoms with Crippen molar-refractivity contribution in [2.45, 2.75) is 0 Å². The molecule has 0 radical (unpaired) electrons. The summed E-state index contributed by atoms with van der Waals surface area (Å²) in [5.74, 6) is -2.45. The van der Waals surface area contributed by atoms with Gasteiger partial charge in [-0.15, -0.1) is 0 Å². The minimum absolute atomic E-state index is 0.0200. The third-order valence-electron chi connectivity index (χ3n) is 3.75. The Hall–Kier alpha value is -2.44. The number of halogens is 3. The van der Waals surface area contributed by atoms with Gasteiger partial charge in [-0.3, -0.25) is 19.3 Å². The Morgan fingerprint density at radius 3 is 2.52 bits per heavy atom. The van der Waals surface area contributed by atoms with Crippen molar-refractivity contribution in [1.82, 2.24) is 10.2 Å². The number of fused-ring (bicyclic) bond motifs is 1. The first-order valence-corrected chi connectivity index (χ1v) is 8.03. The topological polar surface area (TPSA) is 66.5 Å². The lowest BCUT2D eigenvalue weighted by molar-refractivity contribution is 0.0648. The van der Waals surface area contributed by atoms with E-state index in [0.717, 1.165) is 11.0 Å². The summed E-state index contributed by atoms with van der Waals surface area (Å²) in [6, 6.07) is 8.30. The molecule has 128 valence electrons. The lowest BCUT2D eigenvalue weighted by atomic mass is 10.1. The lowest BCUT2D eigenvalue weighted by Crippen LogP contribution is -2.38. The van der Waals surface area contributed by atoms with E-state index < -0.39 is 23.5 Å². The summed E-state index contributed by atoms with van der Waals surface area (Å²) in [7, 11) is 0. The summed E-state index contributed by atoms with van der Waals surface area (Å²) in [6.45, 7) is -0.0506. The van der Waals surface area contributed by atoms with Crippen molar-refractivity contribution < 1.29 is 18.8 Å². The molecule has 1 aliphatic rings. The van der Waals surface area contributed by atoms with Crippen LogP contribution in [0.15, 0.2) is 36.4 Å². The van der Waals surface area contributed by atoms with E-state index in [1.54, 1.807) is 0 Å². The smallest absolute Gasteiger partial charge is 0.264 e. The SMILES string of the molecule is O=C(NCCN1C(=O)c2cccc(F)c2C1=O)c1ccc(Cl)c(Cl)c1. The normalized spacial score (nSPS) is 13.2. The fourth-order valence-electron chi connectivity index (χ4n) is 2.52. The number of hydrogen-bond donors (Lipinski definition) is 1. The van der Waals surface area contributed by atoms with Gasteiger partial charge in [0.05, 0.1) is 21.2 Å². The van der Waals surface area contributed by atoms with Crippen LogP contribution in [0.1, 0.15) is 31.1 Å². The standard InChI is InChI=1S/C17H11Cl2FN2O3/c18-11-5-4-9(8-12(11)19)15(23)21-6-7-22-16(24)10-2-1-3-13(20)14(10)17(22)25/h1-5,8H,6-7H2,(H,21,23). The summed E-state index contributed by atoms with van der Waals surface area (Å²) in [5, 5.41) is 3.14. The number of amides is 3. The monoisotopic (exact) mass is 380 g/mol. The van der Waals surface area contributed by atoms with Crippen molar-refractivity contribution in [3.05, 3.63) is 69.0 Å². The van der Waals surface area contributed by atoms with Crippen LogP contribution in [0.5, 0.6) is 0 Å². The fraction of sp³-hybridized carbons (Fsp3) is 0.118. The predicted octanol–water partition coefficient (Wildman–Crippen LogP) is 3.16. The zero-order valence-corrected chi connectivity index (χ0v) is 14.2. The van der Waals surface area contributed by atoms with Crippen molar-refractivity contribution in [3.63, 3.8) is 0 Å². The molecule has 0 unspecified atom stereocenters. The van der Waals surface area contributed by atoms with E-state index in [1.807, 2.05) is 0 Å². The van der Waals surface area contributed by atoms with Crippen LogP contribution >= 0.6 is 23.2 Å². The van der Waals surface area contributed by atoms with Crippen LogP contribution in [-0.2, 0) is 0 Å². The molecule has 3 rings (SSSR count). The molecule has 2 aromatic carbocycles. The predicted molar refractivity (Wildman–Crippen MR) is 90.6 cm³/mol. The lowest BCUT2D eigenvalue weighted by Gasteiger charge is -2.14. The Labute approximate surface area is 152 Å². The maximum absolute atomic E-state index is 13.7. The second-order valence-electron chi connectivity index (χ2n) is 5.31. The number of nitrogens with zero attached hydrogens (tertiary/aromatic N) is 1. The summed E-state index contributed by atoms with van der Waals surface area (Å²) in [6.07, 6.45) is 0. The van der Waals surface area contributed by atoms with E-state index in [1.165, 1.54) is 30.3 Å². The second kappa shape index (κ2) is 6.82. The molecule has 25 heavy (non-hydrogen) atoms. The first-order chi connectivity index (χ1) is 11.9. The average molecular weight is 381 g/mol. The molecule has 0 saturated heterocycles. The molecule has 2 aromatic rings. The van der Waals surface area contributed by atoms with Crippen LogP contribution in [0, 0.1) is 5.82 Å². The molecular weight excluding hydrogens is 370 g/mol. The van der Waals surface area contributed by atoms with Gasteiger partial charge in [-0.2, -0.15) is 0 Å². The van der Waals surface area contributed by atoms with Crippen LogP contribution in [-0.4, -0.2) is 35.7 Å². The van der Waals surface area contributed by atoms with Gasteiger partial charge in [-0.1, -0.05) is 29.3 Å². The molecule has 0 saturated carbocycles. The average Bonchev–Trinajstić information content (AvgIpc) is 2.83. The van der Waals surface area contributed by atoms with E-state index in [9.17, 15) is 18.8 Å². The van der Waals surface area contributed by atoms with Gasteiger partial charge in [-0.05, 0) is 30.3 Å². The number of carbonyl (C=O) groups excluding carboxylic acids is 3. The van der Waals surface area contributed by atoms with Crippen LogP contribution in [0.2, 0.25) is 10.0 Å². The number of nitrogens with one attached hydrogen (secondary N) is 1. The number of carbonyl (C=O) groups is 3. The summed E-state index contributed by atoms with van der Waals surface area (Å²) in [5.41, 5.74) is 0.0897. The van der Waals surface area contributed by atoms with Gasteiger partial charge in [0.1, 0.15) is 5.82 Å². The third-order valence-corrected chi connectivity index (χ3v) is 4.49. The Bertz CT molecular complexity index is 901. The van der Waals surface area contributed by atoms with Gasteiger partial charge in [0, 0.05) is 18.7 Å². The van der Waals surface area contributed by atoms with Crippen LogP contribution in [0.4, 0.5) is 4.39 Å². The van der Waals surface area contributed by atoms with E-state index in [2.05, 4.69) is 5.32 Å². The molecule has 0 aliphatic carbocycles. The summed E-state index contributed by atoms with van der Waals surface area (Å²) >= 11 is 11.6. The fourth-order valence-corrected chi connectivity index (χ4v) is 2.81. The molecule has 0 atom stereocenters. The highest BCUT2D eigenvalue weighted by Crippen LogP contribution is 2.25. The quantitative estimate of drug-likeness (QED) is 0.828. The molecule has 0 aromatic heterocycles. The first-order valence-electron chi connectivity index (χ1n) is 7.28. The van der Waals surface area contributed by atoms with Crippen LogP contribution < -0.4 is 5.32 Å². The van der Waals surface area contributed by atoms with Gasteiger partial charge >= 0.3 is 0 Å². The van der Waals surface area contributed by atoms with E-state index in [4.69, 9.17) is 23.2 Å². The maximum atomic E-state index is 13.7. The third kappa shape index (κ3) is 3.23. The summed E-state index contributed by atoms with van der Waals surface area (Å²) in [4.78, 5) is 37.3. The molecule has 1 heterocycles. The molecule has 1 aliphatic heterocycles. The highest BCUT2D eigenvalue weighted by Gasteiger charge is 2.37. The largest absolute Gasteiger partial charge is 0.350 e. The number of hydrogen-bond acceptors (Lipinski definition) is 3. The van der Waals surface area contributed by atoms with Crippen molar-refractivity contribution in [1.29, 1.82) is 0 Å². The summed E-state index contributed by atoms with van der Waals surface area (Å²) < 4.78 is 13.7. The molecule has 1 N–H and O–H groups in total. The number of benzene rings is 2. The van der Waals surface area contributed by atoms with Crippen LogP contribution in [0.25, 0.3) is 0 Å². The molecule has 0 spiro atoms. The van der Waals surface area contributed by atoms with Gasteiger partial charge in [0.2, 0.25) is 0 Å². The first kappa shape index (κ1) is 17.4. The van der Waals surface area contributed by atoms with Gasteiger partial charge in [0.15, 0.2) is 0 Å². The molecule has 0 bridgehead atoms. The molecular formula is C17H11Cl2FN2O3. The van der Waals surface area contributed by atoms with Crippen molar-refractivity contribution in [2.75, 3.05) is 13.1 Å². The van der Waals surface area contributed by atoms with E-state index in [-0.39, 0.29) is 29.2 Å². The van der Waals surface area contributed by atoms with Gasteiger partial charge in [0.25, 0.3) is 17.7 Å². The van der Waals surface area contributed by atoms with Crippen molar-refractivity contribution in [3.8, 4) is 0 Å². The zero-order chi connectivity index (χ0) is 18.1. The van der Waals surface area contributed by atoms with Crippen molar-refractivity contribution >= 4 is 40.9 Å². The van der Waals surface area contributed by atoms with E-state index >= 15 is 0 Å². The molecule has 5 nitrogen and oxygen atoms in total. The molecule has 0 fully saturated rings. The van der Waals surface area contributed by atoms with E-state index in [0.29, 0.717) is 10.6 Å². The van der Waals surface area contributed by atoms with Gasteiger partial charge < -0.3 is 5.32 Å². The minimum Gasteiger partial charge on any atom is -0.350 e. The second-order valence-corrected chi connectivity index (χ2v) is 6.12. The zero-order valence-electron chi connectivity index (χ0n) is 12.7. The minimum atomic E-state index is -0.738. The van der Waals surface area contributed by atoms with Crippen LogP contribution in [0.3, 0.4) is 0 Å². The maximum Gasteiger partial charge on any atom is 0.264 e. The Kier molecular flexibility index (Phi) is 4.74. The molecule has 8 heteroatoms. The Morgan fingerprint density at radius 1 is 1.08 bits per heavy atom. The molecule has 3 amide bonds.